The van der Waals surface area contributed by atoms with E-state index >= 15 is 0 Å². The van der Waals surface area contributed by atoms with Crippen LogP contribution in [0.3, 0.4) is 0 Å². The predicted octanol–water partition coefficient (Wildman–Crippen LogP) is 3.64. The van der Waals surface area contributed by atoms with E-state index in [2.05, 4.69) is 4.72 Å². The maximum atomic E-state index is 14.4. The lowest BCUT2D eigenvalue weighted by atomic mass is 9.69. The Morgan fingerprint density at radius 3 is 2.48 bits per heavy atom. The van der Waals surface area contributed by atoms with Gasteiger partial charge in [-0.25, -0.2) is 4.39 Å². The summed E-state index contributed by atoms with van der Waals surface area (Å²) in [5.74, 6) is -0.340. The Kier molecular flexibility index (Phi) is 7.04. The van der Waals surface area contributed by atoms with Crippen LogP contribution in [-0.4, -0.2) is 23.4 Å². The van der Waals surface area contributed by atoms with Gasteiger partial charge in [0.2, 0.25) is 11.4 Å². The largest absolute Gasteiger partial charge is 0.469 e. The van der Waals surface area contributed by atoms with Crippen LogP contribution in [0.1, 0.15) is 46.1 Å². The zero-order valence-electron chi connectivity index (χ0n) is 14.5. The summed E-state index contributed by atoms with van der Waals surface area (Å²) >= 11 is -1.14. The molecular formula is C17H27FNO3S+. The van der Waals surface area contributed by atoms with Crippen molar-refractivity contribution in [1.29, 1.82) is 0 Å². The minimum atomic E-state index is -1.14. The van der Waals surface area contributed by atoms with Gasteiger partial charge in [-0.1, -0.05) is 36.3 Å². The molecule has 2 N–H and O–H groups in total. The van der Waals surface area contributed by atoms with Gasteiger partial charge in [0.15, 0.2) is 5.75 Å². The van der Waals surface area contributed by atoms with Crippen molar-refractivity contribution in [3.05, 3.63) is 35.6 Å². The fourth-order valence-corrected chi connectivity index (χ4v) is 3.91. The molecule has 0 saturated heterocycles. The van der Waals surface area contributed by atoms with E-state index in [0.29, 0.717) is 11.3 Å². The van der Waals surface area contributed by atoms with Gasteiger partial charge < -0.3 is 4.74 Å². The van der Waals surface area contributed by atoms with Gasteiger partial charge in [0.25, 0.3) is 0 Å². The van der Waals surface area contributed by atoms with Crippen molar-refractivity contribution >= 4 is 17.3 Å². The molecule has 0 fully saturated rings. The Bertz CT molecular complexity index is 538. The number of rotatable bonds is 8. The van der Waals surface area contributed by atoms with Gasteiger partial charge in [0.1, 0.15) is 11.4 Å². The van der Waals surface area contributed by atoms with Crippen LogP contribution in [0, 0.1) is 11.2 Å². The molecule has 0 aliphatic heterocycles. The number of esters is 1. The van der Waals surface area contributed by atoms with Gasteiger partial charge >= 0.3 is 5.97 Å². The quantitative estimate of drug-likeness (QED) is 0.558. The molecule has 2 atom stereocenters. The van der Waals surface area contributed by atoms with Crippen LogP contribution in [-0.2, 0) is 26.4 Å². The molecular weight excluding hydrogens is 317 g/mol. The van der Waals surface area contributed by atoms with Gasteiger partial charge in [-0.15, -0.1) is 0 Å². The highest BCUT2D eigenvalue weighted by molar-refractivity contribution is 7.89. The summed E-state index contributed by atoms with van der Waals surface area (Å²) in [5.41, 5.74) is -1.86. The Labute approximate surface area is 141 Å². The molecule has 1 aromatic carbocycles. The van der Waals surface area contributed by atoms with Crippen LogP contribution in [0.4, 0.5) is 4.39 Å². The van der Waals surface area contributed by atoms with Crippen molar-refractivity contribution < 1.29 is 18.5 Å². The average Bonchev–Trinajstić information content (AvgIpc) is 2.51. The number of carbonyl (C=O) groups is 1. The van der Waals surface area contributed by atoms with Crippen molar-refractivity contribution in [3.63, 3.8) is 0 Å². The van der Waals surface area contributed by atoms with Gasteiger partial charge in [0.05, 0.1) is 12.5 Å². The summed E-state index contributed by atoms with van der Waals surface area (Å²) in [6.07, 6.45) is 1.79. The van der Waals surface area contributed by atoms with Crippen LogP contribution in [0.5, 0.6) is 0 Å². The second kappa shape index (κ2) is 8.13. The topological polar surface area (TPSA) is 58.6 Å². The molecule has 0 spiro atoms. The molecule has 6 heteroatoms. The number of unbranched alkanes of at least 4 members (excludes halogenated alkanes) is 1. The molecule has 0 saturated carbocycles. The molecule has 4 nitrogen and oxygen atoms in total. The highest BCUT2D eigenvalue weighted by Crippen LogP contribution is 2.42. The van der Waals surface area contributed by atoms with Crippen molar-refractivity contribution in [2.75, 3.05) is 12.9 Å². The average molecular weight is 344 g/mol. The van der Waals surface area contributed by atoms with Gasteiger partial charge in [0, 0.05) is 5.56 Å². The van der Waals surface area contributed by atoms with E-state index in [1.807, 2.05) is 6.92 Å². The number of ether oxygens (including phenoxy) is 1. The molecule has 0 amide bonds. The van der Waals surface area contributed by atoms with E-state index in [-0.39, 0.29) is 0 Å². The molecule has 23 heavy (non-hydrogen) atoms. The molecule has 0 aromatic heterocycles. The maximum Gasteiger partial charge on any atom is 0.313 e. The summed E-state index contributed by atoms with van der Waals surface area (Å²) in [5, 5.41) is 0. The third-order valence-electron chi connectivity index (χ3n) is 4.37. The van der Waals surface area contributed by atoms with E-state index in [9.17, 15) is 13.7 Å². The Morgan fingerprint density at radius 1 is 1.35 bits per heavy atom. The minimum Gasteiger partial charge on any atom is -0.469 e. The molecule has 0 heterocycles. The first-order valence-corrected chi connectivity index (χ1v) is 9.07. The minimum absolute atomic E-state index is 0.332. The highest BCUT2D eigenvalue weighted by atomic mass is 32.2. The summed E-state index contributed by atoms with van der Waals surface area (Å²) in [7, 11) is 1.31. The zero-order chi connectivity index (χ0) is 17.7. The number of benzene rings is 1. The van der Waals surface area contributed by atoms with Gasteiger partial charge in [-0.2, -0.15) is 4.55 Å². The predicted molar refractivity (Wildman–Crippen MR) is 92.5 cm³/mol. The lowest BCUT2D eigenvalue weighted by Crippen LogP contribution is -2.57. The van der Waals surface area contributed by atoms with Crippen LogP contribution >= 0.6 is 0 Å². The Hall–Kier alpha value is -1.11. The van der Waals surface area contributed by atoms with E-state index < -0.39 is 34.1 Å². The van der Waals surface area contributed by atoms with Crippen molar-refractivity contribution in [2.45, 2.75) is 46.1 Å². The van der Waals surface area contributed by atoms with E-state index in [4.69, 9.17) is 4.74 Å². The first kappa shape index (κ1) is 19.9. The molecule has 0 bridgehead atoms. The summed E-state index contributed by atoms with van der Waals surface area (Å²) in [6, 6.07) is 6.29. The Morgan fingerprint density at radius 2 is 1.96 bits per heavy atom. The van der Waals surface area contributed by atoms with Crippen LogP contribution < -0.4 is 4.72 Å². The molecule has 130 valence electrons. The van der Waals surface area contributed by atoms with Gasteiger partial charge in [-0.3, -0.25) is 4.79 Å². The highest BCUT2D eigenvalue weighted by Gasteiger charge is 2.53. The van der Waals surface area contributed by atoms with Crippen LogP contribution in [0.2, 0.25) is 0 Å². The van der Waals surface area contributed by atoms with Crippen molar-refractivity contribution in [3.8, 4) is 0 Å². The molecule has 0 radical (unpaired) electrons. The molecule has 1 unspecified atom stereocenters. The van der Waals surface area contributed by atoms with Crippen LogP contribution in [0.15, 0.2) is 24.3 Å². The SMILES string of the molecule is CCCC[S+](O)N[C@](C)(c1ccccc1F)C(C)(C)C(=O)OC. The third kappa shape index (κ3) is 4.25. The second-order valence-electron chi connectivity index (χ2n) is 6.25. The lowest BCUT2D eigenvalue weighted by molar-refractivity contribution is -0.155. The summed E-state index contributed by atoms with van der Waals surface area (Å²) < 4.78 is 32.7. The fraction of sp³-hybridized carbons (Fsp3) is 0.588. The fourth-order valence-electron chi connectivity index (χ4n) is 2.41. The molecule has 0 aliphatic carbocycles. The number of methoxy groups -OCH3 is 1. The monoisotopic (exact) mass is 344 g/mol. The molecule has 1 aromatic rings. The van der Waals surface area contributed by atoms with Crippen molar-refractivity contribution in [1.82, 2.24) is 4.72 Å². The number of hydrogen-bond donors (Lipinski definition) is 2. The third-order valence-corrected chi connectivity index (χ3v) is 5.69. The van der Waals surface area contributed by atoms with E-state index in [0.717, 1.165) is 12.8 Å². The number of carbonyl (C=O) groups excluding carboxylic acids is 1. The Balaban J connectivity index is 3.31. The molecule has 1 rings (SSSR count). The van der Waals surface area contributed by atoms with Crippen LogP contribution in [0.25, 0.3) is 0 Å². The summed E-state index contributed by atoms with van der Waals surface area (Å²) in [6.45, 7) is 7.14. The van der Waals surface area contributed by atoms with E-state index in [1.165, 1.54) is 13.2 Å². The van der Waals surface area contributed by atoms with E-state index in [1.54, 1.807) is 39.0 Å². The first-order valence-electron chi connectivity index (χ1n) is 7.72. The smallest absolute Gasteiger partial charge is 0.313 e. The number of nitrogens with one attached hydrogen (secondary N) is 1. The zero-order valence-corrected chi connectivity index (χ0v) is 15.3. The second-order valence-corrected chi connectivity index (χ2v) is 7.59. The summed E-state index contributed by atoms with van der Waals surface area (Å²) in [4.78, 5) is 12.3. The van der Waals surface area contributed by atoms with Crippen molar-refractivity contribution in [2.24, 2.45) is 5.41 Å². The number of halogens is 1. The standard InChI is InChI=1S/C17H27FNO3S/c1-6-7-12-23(21)19-17(4,16(2,3)15(20)22-5)13-10-8-9-11-14(13)18/h8-11,19,21H,6-7,12H2,1-5H3/q+1/t17-,23?/m1/s1. The number of hydrogen-bond acceptors (Lipinski definition) is 4. The lowest BCUT2D eigenvalue weighted by Gasteiger charge is -2.40. The molecule has 0 aliphatic rings. The first-order chi connectivity index (χ1) is 10.7. The van der Waals surface area contributed by atoms with Gasteiger partial charge in [-0.05, 0) is 33.3 Å². The maximum absolute atomic E-state index is 14.4. The normalized spacial score (nSPS) is 15.8.